The summed E-state index contributed by atoms with van der Waals surface area (Å²) in [7, 11) is 0. The van der Waals surface area contributed by atoms with Crippen molar-refractivity contribution in [3.8, 4) is 0 Å². The van der Waals surface area contributed by atoms with E-state index in [9.17, 15) is 14.9 Å². The highest BCUT2D eigenvalue weighted by Crippen LogP contribution is 2.28. The summed E-state index contributed by atoms with van der Waals surface area (Å²) in [5.41, 5.74) is 0.163. The molecule has 122 valence electrons. The molecule has 1 aromatic heterocycles. The number of halogens is 3. The summed E-state index contributed by atoms with van der Waals surface area (Å²) in [6.45, 7) is 0. The number of hydrogen-bond donors (Lipinski definition) is 2. The van der Waals surface area contributed by atoms with Gasteiger partial charge in [0, 0.05) is 17.8 Å². The topological polar surface area (TPSA) is 101 Å². The van der Waals surface area contributed by atoms with E-state index in [4.69, 9.17) is 23.2 Å². The maximum Gasteiger partial charge on any atom is 0.271 e. The molecule has 0 saturated carbocycles. The van der Waals surface area contributed by atoms with Crippen LogP contribution in [0.25, 0.3) is 10.9 Å². The van der Waals surface area contributed by atoms with Crippen molar-refractivity contribution in [2.24, 2.45) is 0 Å². The summed E-state index contributed by atoms with van der Waals surface area (Å²) < 4.78 is 0.343. The summed E-state index contributed by atoms with van der Waals surface area (Å²) in [6.07, 6.45) is 0. The molecule has 2 N–H and O–H groups in total. The largest absolute Gasteiger partial charge is 0.326 e. The highest BCUT2D eigenvalue weighted by molar-refractivity contribution is 9.10. The first-order valence-electron chi connectivity index (χ1n) is 6.45. The van der Waals surface area contributed by atoms with Gasteiger partial charge in [-0.05, 0) is 34.1 Å². The highest BCUT2D eigenvalue weighted by atomic mass is 79.9. The fraction of sp³-hybridized carbons (Fsp3) is 0. The van der Waals surface area contributed by atoms with E-state index in [1.807, 2.05) is 0 Å². The lowest BCUT2D eigenvalue weighted by Crippen LogP contribution is -2.12. The van der Waals surface area contributed by atoms with Gasteiger partial charge >= 0.3 is 0 Å². The van der Waals surface area contributed by atoms with Crippen LogP contribution in [0.2, 0.25) is 10.0 Å². The Kier molecular flexibility index (Phi) is 4.44. The number of nitrogens with one attached hydrogen (secondary N) is 2. The van der Waals surface area contributed by atoms with Gasteiger partial charge in [0.05, 0.1) is 30.3 Å². The van der Waals surface area contributed by atoms with Crippen LogP contribution in [0, 0.1) is 10.1 Å². The zero-order valence-electron chi connectivity index (χ0n) is 11.6. The van der Waals surface area contributed by atoms with Gasteiger partial charge in [0.15, 0.2) is 0 Å². The lowest BCUT2D eigenvalue weighted by Gasteiger charge is -2.08. The van der Waals surface area contributed by atoms with Crippen LogP contribution in [-0.4, -0.2) is 14.9 Å². The third-order valence-electron chi connectivity index (χ3n) is 3.14. The van der Waals surface area contributed by atoms with Gasteiger partial charge in [-0.2, -0.15) is 0 Å². The summed E-state index contributed by atoms with van der Waals surface area (Å²) in [4.78, 5) is 29.3. The Labute approximate surface area is 152 Å². The first-order chi connectivity index (χ1) is 11.3. The molecule has 24 heavy (non-hydrogen) atoms. The molecule has 0 atom stereocenters. The number of aromatic amines is 1. The Hall–Kier alpha value is -2.16. The molecule has 3 rings (SSSR count). The molecule has 0 unspecified atom stereocenters. The van der Waals surface area contributed by atoms with Gasteiger partial charge < -0.3 is 5.32 Å². The number of nitro benzene ring substituents is 1. The summed E-state index contributed by atoms with van der Waals surface area (Å²) in [6, 6.07) is 7.32. The minimum atomic E-state index is -0.578. The van der Waals surface area contributed by atoms with Gasteiger partial charge in [0.25, 0.3) is 11.2 Å². The zero-order chi connectivity index (χ0) is 17.4. The number of fused-ring (bicyclic) bond motifs is 1. The molecular weight excluding hydrogens is 423 g/mol. The zero-order valence-corrected chi connectivity index (χ0v) is 14.7. The van der Waals surface area contributed by atoms with Crippen molar-refractivity contribution in [1.82, 2.24) is 9.97 Å². The second-order valence-electron chi connectivity index (χ2n) is 4.75. The number of non-ortho nitro benzene ring substituents is 1. The van der Waals surface area contributed by atoms with Crippen LogP contribution in [0.5, 0.6) is 0 Å². The first-order valence-corrected chi connectivity index (χ1v) is 8.00. The van der Waals surface area contributed by atoms with E-state index < -0.39 is 10.5 Å². The van der Waals surface area contributed by atoms with Crippen LogP contribution in [-0.2, 0) is 0 Å². The smallest absolute Gasteiger partial charge is 0.271 e. The molecule has 0 radical (unpaired) electrons. The van der Waals surface area contributed by atoms with Crippen LogP contribution in [0.1, 0.15) is 0 Å². The molecule has 10 heteroatoms. The van der Waals surface area contributed by atoms with Crippen molar-refractivity contribution in [3.63, 3.8) is 0 Å². The molecule has 0 amide bonds. The SMILES string of the molecule is O=c1[nH]c(Nc2ccc(Cl)c(Cl)c2)nc2c(Br)cc([N+](=O)[O-])cc12. The van der Waals surface area contributed by atoms with Crippen LogP contribution >= 0.6 is 39.1 Å². The maximum atomic E-state index is 12.2. The average Bonchev–Trinajstić information content (AvgIpc) is 2.51. The second-order valence-corrected chi connectivity index (χ2v) is 6.42. The number of hydrogen-bond acceptors (Lipinski definition) is 5. The minimum absolute atomic E-state index is 0.107. The van der Waals surface area contributed by atoms with E-state index in [0.717, 1.165) is 0 Å². The molecule has 0 saturated heterocycles. The number of rotatable bonds is 3. The van der Waals surface area contributed by atoms with Crippen LogP contribution < -0.4 is 10.9 Å². The third kappa shape index (κ3) is 3.21. The van der Waals surface area contributed by atoms with Crippen molar-refractivity contribution in [2.75, 3.05) is 5.32 Å². The lowest BCUT2D eigenvalue weighted by molar-refractivity contribution is -0.384. The Bertz CT molecular complexity index is 1040. The summed E-state index contributed by atoms with van der Waals surface area (Å²) in [5, 5.41) is 14.7. The number of aromatic nitrogens is 2. The van der Waals surface area contributed by atoms with Gasteiger partial charge in [-0.15, -0.1) is 0 Å². The Morgan fingerprint density at radius 3 is 2.62 bits per heavy atom. The normalized spacial score (nSPS) is 10.8. The van der Waals surface area contributed by atoms with E-state index >= 15 is 0 Å². The fourth-order valence-corrected chi connectivity index (χ4v) is 2.90. The van der Waals surface area contributed by atoms with E-state index in [0.29, 0.717) is 25.7 Å². The van der Waals surface area contributed by atoms with Crippen LogP contribution in [0.3, 0.4) is 0 Å². The van der Waals surface area contributed by atoms with E-state index in [2.05, 4.69) is 31.2 Å². The molecule has 0 fully saturated rings. The van der Waals surface area contributed by atoms with E-state index in [1.54, 1.807) is 18.2 Å². The monoisotopic (exact) mass is 428 g/mol. The molecule has 0 aliphatic heterocycles. The molecule has 0 bridgehead atoms. The second kappa shape index (κ2) is 6.39. The van der Waals surface area contributed by atoms with Crippen molar-refractivity contribution in [1.29, 1.82) is 0 Å². The number of H-pyrrole nitrogens is 1. The van der Waals surface area contributed by atoms with Gasteiger partial charge in [-0.1, -0.05) is 23.2 Å². The molecule has 7 nitrogen and oxygen atoms in total. The van der Waals surface area contributed by atoms with E-state index in [1.165, 1.54) is 12.1 Å². The molecule has 1 heterocycles. The van der Waals surface area contributed by atoms with Crippen LogP contribution in [0.15, 0.2) is 39.6 Å². The molecule has 3 aromatic rings. The van der Waals surface area contributed by atoms with Crippen molar-refractivity contribution >= 4 is 67.4 Å². The van der Waals surface area contributed by atoms with Gasteiger partial charge in [0.2, 0.25) is 5.95 Å². The van der Waals surface area contributed by atoms with Gasteiger partial charge in [-0.25, -0.2) is 4.98 Å². The van der Waals surface area contributed by atoms with Crippen LogP contribution in [0.4, 0.5) is 17.3 Å². The molecule has 0 spiro atoms. The van der Waals surface area contributed by atoms with Crippen molar-refractivity contribution in [2.45, 2.75) is 0 Å². The number of nitrogens with zero attached hydrogens (tertiary/aromatic N) is 2. The molecule has 0 aliphatic carbocycles. The number of anilines is 2. The fourth-order valence-electron chi connectivity index (χ4n) is 2.06. The summed E-state index contributed by atoms with van der Waals surface area (Å²) >= 11 is 15.0. The lowest BCUT2D eigenvalue weighted by atomic mass is 10.2. The summed E-state index contributed by atoms with van der Waals surface area (Å²) in [5.74, 6) is 0.167. The Morgan fingerprint density at radius 2 is 1.96 bits per heavy atom. The average molecular weight is 430 g/mol. The van der Waals surface area contributed by atoms with E-state index in [-0.39, 0.29) is 17.0 Å². The number of benzene rings is 2. The third-order valence-corrected chi connectivity index (χ3v) is 4.49. The molecule has 2 aromatic carbocycles. The molecular formula is C14H7BrCl2N4O3. The Balaban J connectivity index is 2.09. The Morgan fingerprint density at radius 1 is 1.21 bits per heavy atom. The predicted molar refractivity (Wildman–Crippen MR) is 96.5 cm³/mol. The van der Waals surface area contributed by atoms with Crippen molar-refractivity contribution in [3.05, 3.63) is 65.3 Å². The minimum Gasteiger partial charge on any atom is -0.326 e. The maximum absolute atomic E-state index is 12.2. The van der Waals surface area contributed by atoms with Crippen molar-refractivity contribution < 1.29 is 4.92 Å². The highest BCUT2D eigenvalue weighted by Gasteiger charge is 2.15. The van der Waals surface area contributed by atoms with Gasteiger partial charge in [0.1, 0.15) is 0 Å². The standard InChI is InChI=1S/C14H7BrCl2N4O3/c15-9-5-7(21(23)24)4-8-12(9)19-14(20-13(8)22)18-6-1-2-10(16)11(17)3-6/h1-5H,(H2,18,19,20,22). The predicted octanol–water partition coefficient (Wildman–Crippen LogP) is 4.64. The van der Waals surface area contributed by atoms with Gasteiger partial charge in [-0.3, -0.25) is 19.9 Å². The number of nitro groups is 1. The quantitative estimate of drug-likeness (QED) is 0.466. The first kappa shape index (κ1) is 16.7. The molecule has 0 aliphatic rings.